The molecule has 4 heterocycles. The monoisotopic (exact) mass is 503 g/mol. The summed E-state index contributed by atoms with van der Waals surface area (Å²) in [5.74, 6) is 0.850. The van der Waals surface area contributed by atoms with Gasteiger partial charge in [0.05, 0.1) is 29.1 Å². The summed E-state index contributed by atoms with van der Waals surface area (Å²) in [5.41, 5.74) is 10.2. The summed E-state index contributed by atoms with van der Waals surface area (Å²) in [6.07, 6.45) is 13.0. The molecule has 1 amide bonds. The molecule has 0 spiro atoms. The van der Waals surface area contributed by atoms with E-state index in [4.69, 9.17) is 4.98 Å². The van der Waals surface area contributed by atoms with E-state index in [0.717, 1.165) is 57.0 Å². The largest absolute Gasteiger partial charge is 0.335 e. The Morgan fingerprint density at radius 2 is 1.97 bits per heavy atom. The van der Waals surface area contributed by atoms with Crippen molar-refractivity contribution in [2.45, 2.75) is 25.7 Å². The standard InChI is InChI=1S/C29H22FN7O/c30-20-6-3-17(4-7-20)23-14-32-15-25-27(23)35-29(34-25)28-22-11-18(5-8-24(22)36-37-28)19-10-21(13-31-12-19)33-26(38)9-16-1-2-16/h5-8,10-16H,1-3,9H2,(H,33,38)(H,34,35)(H,36,37). The Labute approximate surface area is 216 Å². The van der Waals surface area contributed by atoms with Gasteiger partial charge in [-0.15, -0.1) is 5.73 Å². The van der Waals surface area contributed by atoms with Gasteiger partial charge >= 0.3 is 0 Å². The van der Waals surface area contributed by atoms with Crippen molar-refractivity contribution in [1.82, 2.24) is 30.1 Å². The SMILES string of the molecule is O=C(CC1CC1)Nc1cncc(-c2ccc3[nH]nc(-c4nc5c(C6=C=CC(F)=CC6)cncc5[nH]4)c3c2)c1. The van der Waals surface area contributed by atoms with Crippen LogP contribution in [0.4, 0.5) is 10.1 Å². The number of aromatic amines is 2. The van der Waals surface area contributed by atoms with E-state index >= 15 is 0 Å². The zero-order valence-electron chi connectivity index (χ0n) is 20.3. The summed E-state index contributed by atoms with van der Waals surface area (Å²) in [6, 6.07) is 7.92. The number of H-pyrrole nitrogens is 2. The molecule has 0 bridgehead atoms. The van der Waals surface area contributed by atoms with Crippen molar-refractivity contribution in [2.24, 2.45) is 5.92 Å². The number of aromatic nitrogens is 6. The highest BCUT2D eigenvalue weighted by Crippen LogP contribution is 2.34. The predicted molar refractivity (Wildman–Crippen MR) is 143 cm³/mol. The van der Waals surface area contributed by atoms with E-state index in [0.29, 0.717) is 36.0 Å². The normalized spacial score (nSPS) is 15.1. The average molecular weight is 504 g/mol. The summed E-state index contributed by atoms with van der Waals surface area (Å²) in [7, 11) is 0. The molecule has 1 fully saturated rings. The Morgan fingerprint density at radius 1 is 1.08 bits per heavy atom. The molecule has 0 aliphatic heterocycles. The molecule has 7 rings (SSSR count). The van der Waals surface area contributed by atoms with Crippen molar-refractivity contribution in [3.8, 4) is 22.6 Å². The maximum absolute atomic E-state index is 13.5. The first kappa shape index (κ1) is 22.3. The Kier molecular flexibility index (Phi) is 5.23. The van der Waals surface area contributed by atoms with Crippen molar-refractivity contribution in [3.05, 3.63) is 78.3 Å². The minimum atomic E-state index is -0.295. The Bertz CT molecular complexity index is 1840. The second-order valence-corrected chi connectivity index (χ2v) is 9.72. The van der Waals surface area contributed by atoms with Crippen LogP contribution >= 0.6 is 0 Å². The smallest absolute Gasteiger partial charge is 0.224 e. The van der Waals surface area contributed by atoms with Crippen LogP contribution in [0.1, 0.15) is 31.2 Å². The quantitative estimate of drug-likeness (QED) is 0.243. The Hall–Kier alpha value is -4.88. The van der Waals surface area contributed by atoms with Crippen LogP contribution in [0.3, 0.4) is 0 Å². The van der Waals surface area contributed by atoms with Gasteiger partial charge in [0.1, 0.15) is 17.0 Å². The number of pyridine rings is 2. The molecular weight excluding hydrogens is 481 g/mol. The van der Waals surface area contributed by atoms with E-state index in [1.165, 1.54) is 12.2 Å². The number of amides is 1. The molecule has 0 unspecified atom stereocenters. The number of nitrogens with one attached hydrogen (secondary N) is 3. The predicted octanol–water partition coefficient (Wildman–Crippen LogP) is 6.10. The molecule has 0 radical (unpaired) electrons. The van der Waals surface area contributed by atoms with Crippen LogP contribution in [0.15, 0.2) is 72.8 Å². The fraction of sp³-hybridized carbons (Fsp3) is 0.172. The van der Waals surface area contributed by atoms with E-state index in [-0.39, 0.29) is 11.7 Å². The van der Waals surface area contributed by atoms with Crippen molar-refractivity contribution in [3.63, 3.8) is 0 Å². The molecule has 9 heteroatoms. The van der Waals surface area contributed by atoms with Crippen LogP contribution in [-0.2, 0) is 4.79 Å². The lowest BCUT2D eigenvalue weighted by atomic mass is 10.0. The Balaban J connectivity index is 1.24. The van der Waals surface area contributed by atoms with E-state index in [1.807, 2.05) is 24.3 Å². The van der Waals surface area contributed by atoms with Gasteiger partial charge in [0.2, 0.25) is 5.91 Å². The number of carbonyl (C=O) groups is 1. The first-order chi connectivity index (χ1) is 18.6. The highest BCUT2D eigenvalue weighted by molar-refractivity contribution is 5.97. The zero-order chi connectivity index (χ0) is 25.6. The third kappa shape index (κ3) is 4.19. The van der Waals surface area contributed by atoms with Gasteiger partial charge in [-0.3, -0.25) is 19.9 Å². The summed E-state index contributed by atoms with van der Waals surface area (Å²) in [5, 5.41) is 11.5. The molecule has 8 nitrogen and oxygen atoms in total. The number of allylic oxidation sites excluding steroid dienone is 3. The number of fused-ring (bicyclic) bond motifs is 2. The Morgan fingerprint density at radius 3 is 2.82 bits per heavy atom. The molecule has 1 saturated carbocycles. The summed E-state index contributed by atoms with van der Waals surface area (Å²) < 4.78 is 13.5. The number of halogens is 1. The van der Waals surface area contributed by atoms with E-state index in [9.17, 15) is 9.18 Å². The number of hydrogen-bond acceptors (Lipinski definition) is 5. The minimum absolute atomic E-state index is 0.0263. The van der Waals surface area contributed by atoms with E-state index in [1.54, 1.807) is 24.8 Å². The van der Waals surface area contributed by atoms with Crippen LogP contribution in [-0.4, -0.2) is 36.0 Å². The number of hydrogen-bond donors (Lipinski definition) is 3. The second kappa shape index (κ2) is 8.90. The number of imidazole rings is 1. The van der Waals surface area contributed by atoms with Gasteiger partial charge in [0.15, 0.2) is 5.82 Å². The molecule has 0 atom stereocenters. The first-order valence-corrected chi connectivity index (χ1v) is 12.5. The first-order valence-electron chi connectivity index (χ1n) is 12.5. The molecule has 3 N–H and O–H groups in total. The number of benzene rings is 1. The summed E-state index contributed by atoms with van der Waals surface area (Å²) in [4.78, 5) is 29.1. The molecule has 38 heavy (non-hydrogen) atoms. The maximum Gasteiger partial charge on any atom is 0.224 e. The van der Waals surface area contributed by atoms with Crippen LogP contribution in [0.25, 0.3) is 50.2 Å². The third-order valence-electron chi connectivity index (χ3n) is 6.92. The molecule has 2 aliphatic carbocycles. The van der Waals surface area contributed by atoms with E-state index in [2.05, 4.69) is 36.2 Å². The minimum Gasteiger partial charge on any atom is -0.335 e. The van der Waals surface area contributed by atoms with Crippen LogP contribution in [0, 0.1) is 5.92 Å². The topological polar surface area (TPSA) is 112 Å². The van der Waals surface area contributed by atoms with Gasteiger partial charge in [-0.05, 0) is 48.6 Å². The zero-order valence-corrected chi connectivity index (χ0v) is 20.3. The number of carbonyl (C=O) groups excluding carboxylic acids is 1. The molecule has 186 valence electrons. The molecular formula is C29H22FN7O. The van der Waals surface area contributed by atoms with Crippen molar-refractivity contribution < 1.29 is 9.18 Å². The number of nitrogens with zero attached hydrogens (tertiary/aromatic N) is 4. The van der Waals surface area contributed by atoms with Crippen molar-refractivity contribution in [1.29, 1.82) is 0 Å². The average Bonchev–Trinajstić information content (AvgIpc) is 3.47. The molecule has 4 aromatic heterocycles. The van der Waals surface area contributed by atoms with Gasteiger partial charge in [0.25, 0.3) is 0 Å². The van der Waals surface area contributed by atoms with Crippen LogP contribution < -0.4 is 5.32 Å². The van der Waals surface area contributed by atoms with Gasteiger partial charge in [-0.2, -0.15) is 5.10 Å². The maximum atomic E-state index is 13.5. The molecule has 5 aromatic rings. The van der Waals surface area contributed by atoms with Crippen molar-refractivity contribution in [2.75, 3.05) is 5.32 Å². The van der Waals surface area contributed by atoms with Gasteiger partial charge < -0.3 is 10.3 Å². The van der Waals surface area contributed by atoms with Crippen LogP contribution in [0.5, 0.6) is 0 Å². The lowest BCUT2D eigenvalue weighted by molar-refractivity contribution is -0.116. The van der Waals surface area contributed by atoms with E-state index < -0.39 is 0 Å². The number of rotatable bonds is 6. The fourth-order valence-electron chi connectivity index (χ4n) is 4.76. The van der Waals surface area contributed by atoms with Crippen LogP contribution in [0.2, 0.25) is 0 Å². The highest BCUT2D eigenvalue weighted by Gasteiger charge is 2.24. The molecule has 2 aliphatic rings. The summed E-state index contributed by atoms with van der Waals surface area (Å²) in [6.45, 7) is 0. The number of anilines is 1. The van der Waals surface area contributed by atoms with Gasteiger partial charge in [0, 0.05) is 53.4 Å². The molecule has 0 saturated heterocycles. The lowest BCUT2D eigenvalue weighted by Crippen LogP contribution is -2.12. The van der Waals surface area contributed by atoms with Crippen molar-refractivity contribution >= 4 is 39.1 Å². The molecule has 1 aromatic carbocycles. The van der Waals surface area contributed by atoms with Gasteiger partial charge in [-0.25, -0.2) is 9.37 Å². The fourth-order valence-corrected chi connectivity index (χ4v) is 4.76. The highest BCUT2D eigenvalue weighted by atomic mass is 19.1. The summed E-state index contributed by atoms with van der Waals surface area (Å²) >= 11 is 0. The second-order valence-electron chi connectivity index (χ2n) is 9.72. The third-order valence-corrected chi connectivity index (χ3v) is 6.92. The lowest BCUT2D eigenvalue weighted by Gasteiger charge is -2.07. The van der Waals surface area contributed by atoms with Gasteiger partial charge in [-0.1, -0.05) is 6.07 Å².